The number of methoxy groups -OCH3 is 1. The van der Waals surface area contributed by atoms with Gasteiger partial charge in [-0.1, -0.05) is 0 Å². The molecule has 0 spiro atoms. The molecule has 1 aromatic carbocycles. The molecule has 3 rings (SSSR count). The average molecular weight is 337 g/mol. The highest BCUT2D eigenvalue weighted by molar-refractivity contribution is 5.92. The maximum atomic E-state index is 12.2. The minimum absolute atomic E-state index is 0. The lowest BCUT2D eigenvalue weighted by Crippen LogP contribution is -2.42. The van der Waals surface area contributed by atoms with Crippen molar-refractivity contribution in [3.05, 3.63) is 42.2 Å². The second kappa shape index (κ2) is 7.99. The van der Waals surface area contributed by atoms with Crippen LogP contribution >= 0.6 is 12.4 Å². The number of carbonyl (C=O) groups excluding carboxylic acids is 1. The maximum absolute atomic E-state index is 12.2. The van der Waals surface area contributed by atoms with Crippen molar-refractivity contribution in [3.8, 4) is 11.4 Å². The summed E-state index contributed by atoms with van der Waals surface area (Å²) in [5.41, 5.74) is 1.33. The van der Waals surface area contributed by atoms with Crippen LogP contribution in [-0.2, 0) is 0 Å². The second-order valence-corrected chi connectivity index (χ2v) is 5.34. The topological polar surface area (TPSA) is 68.2 Å². The quantitative estimate of drug-likeness (QED) is 0.893. The number of hydrogen-bond donors (Lipinski definition) is 2. The van der Waals surface area contributed by atoms with E-state index in [1.165, 1.54) is 0 Å². The number of halogens is 1. The van der Waals surface area contributed by atoms with E-state index in [-0.39, 0.29) is 24.4 Å². The van der Waals surface area contributed by atoms with E-state index in [0.717, 1.165) is 37.4 Å². The van der Waals surface area contributed by atoms with Crippen LogP contribution in [0.25, 0.3) is 5.69 Å². The molecule has 1 aliphatic heterocycles. The smallest absolute Gasteiger partial charge is 0.272 e. The Morgan fingerprint density at radius 1 is 1.26 bits per heavy atom. The lowest BCUT2D eigenvalue weighted by atomic mass is 10.1. The molecule has 1 aromatic heterocycles. The molecule has 1 amide bonds. The monoisotopic (exact) mass is 336 g/mol. The fourth-order valence-electron chi connectivity index (χ4n) is 2.55. The molecule has 2 heterocycles. The van der Waals surface area contributed by atoms with Gasteiger partial charge in [-0.05, 0) is 56.3 Å². The number of hydrogen-bond acceptors (Lipinski definition) is 4. The minimum Gasteiger partial charge on any atom is -0.497 e. The van der Waals surface area contributed by atoms with Crippen molar-refractivity contribution >= 4 is 18.3 Å². The van der Waals surface area contributed by atoms with Crippen LogP contribution in [0.2, 0.25) is 0 Å². The van der Waals surface area contributed by atoms with E-state index in [9.17, 15) is 4.79 Å². The largest absolute Gasteiger partial charge is 0.497 e. The number of rotatable bonds is 4. The molecule has 124 valence electrons. The van der Waals surface area contributed by atoms with Crippen LogP contribution in [0.1, 0.15) is 23.3 Å². The maximum Gasteiger partial charge on any atom is 0.272 e. The van der Waals surface area contributed by atoms with Gasteiger partial charge in [0, 0.05) is 12.2 Å². The Morgan fingerprint density at radius 2 is 1.96 bits per heavy atom. The van der Waals surface area contributed by atoms with Crippen LogP contribution in [0.15, 0.2) is 36.5 Å². The number of nitrogens with zero attached hydrogens (tertiary/aromatic N) is 2. The first-order valence-corrected chi connectivity index (χ1v) is 7.48. The molecule has 0 aliphatic carbocycles. The lowest BCUT2D eigenvalue weighted by Gasteiger charge is -2.23. The summed E-state index contributed by atoms with van der Waals surface area (Å²) in [4.78, 5) is 12.2. The van der Waals surface area contributed by atoms with E-state index in [4.69, 9.17) is 4.74 Å². The molecule has 1 saturated heterocycles. The first-order chi connectivity index (χ1) is 10.8. The normalized spacial score (nSPS) is 14.8. The summed E-state index contributed by atoms with van der Waals surface area (Å²) in [5.74, 6) is 0.680. The zero-order chi connectivity index (χ0) is 15.4. The van der Waals surface area contributed by atoms with E-state index in [1.54, 1.807) is 24.1 Å². The highest BCUT2D eigenvalue weighted by atomic mass is 35.5. The van der Waals surface area contributed by atoms with Gasteiger partial charge < -0.3 is 15.4 Å². The number of nitrogens with one attached hydrogen (secondary N) is 2. The van der Waals surface area contributed by atoms with Crippen LogP contribution in [0.5, 0.6) is 5.75 Å². The van der Waals surface area contributed by atoms with E-state index in [0.29, 0.717) is 5.69 Å². The number of ether oxygens (including phenoxy) is 1. The van der Waals surface area contributed by atoms with Crippen molar-refractivity contribution in [1.82, 2.24) is 20.4 Å². The van der Waals surface area contributed by atoms with Gasteiger partial charge in [-0.15, -0.1) is 12.4 Å². The number of aromatic nitrogens is 2. The molecule has 23 heavy (non-hydrogen) atoms. The molecule has 1 aliphatic rings. The molecular formula is C16H21ClN4O2. The average Bonchev–Trinajstić information content (AvgIpc) is 3.06. The van der Waals surface area contributed by atoms with Gasteiger partial charge in [0.15, 0.2) is 5.69 Å². The first-order valence-electron chi connectivity index (χ1n) is 7.48. The molecule has 0 unspecified atom stereocenters. The number of amides is 1. The van der Waals surface area contributed by atoms with Crippen LogP contribution in [0, 0.1) is 0 Å². The molecule has 0 saturated carbocycles. The lowest BCUT2D eigenvalue weighted by molar-refractivity contribution is 0.0924. The molecule has 0 bridgehead atoms. The predicted octanol–water partition coefficient (Wildman–Crippen LogP) is 1.78. The van der Waals surface area contributed by atoms with Crippen molar-refractivity contribution < 1.29 is 9.53 Å². The summed E-state index contributed by atoms with van der Waals surface area (Å²) in [6.45, 7) is 1.90. The van der Waals surface area contributed by atoms with Gasteiger partial charge in [0.25, 0.3) is 5.91 Å². The highest BCUT2D eigenvalue weighted by Crippen LogP contribution is 2.14. The third-order valence-electron chi connectivity index (χ3n) is 3.83. The summed E-state index contributed by atoms with van der Waals surface area (Å²) < 4.78 is 6.83. The number of carbonyl (C=O) groups is 1. The summed E-state index contributed by atoms with van der Waals surface area (Å²) in [7, 11) is 1.63. The van der Waals surface area contributed by atoms with E-state index in [1.807, 2.05) is 24.3 Å². The molecule has 0 radical (unpaired) electrons. The highest BCUT2D eigenvalue weighted by Gasteiger charge is 2.18. The Hall–Kier alpha value is -2.05. The van der Waals surface area contributed by atoms with Gasteiger partial charge in [0.05, 0.1) is 12.8 Å². The second-order valence-electron chi connectivity index (χ2n) is 5.34. The number of benzene rings is 1. The Morgan fingerprint density at radius 3 is 2.61 bits per heavy atom. The van der Waals surface area contributed by atoms with Crippen molar-refractivity contribution in [2.24, 2.45) is 0 Å². The van der Waals surface area contributed by atoms with Gasteiger partial charge in [0.2, 0.25) is 0 Å². The zero-order valence-corrected chi connectivity index (χ0v) is 13.8. The van der Waals surface area contributed by atoms with Crippen LogP contribution in [0.3, 0.4) is 0 Å². The van der Waals surface area contributed by atoms with Crippen LogP contribution < -0.4 is 15.4 Å². The third kappa shape index (κ3) is 4.24. The number of piperidine rings is 1. The molecule has 2 N–H and O–H groups in total. The van der Waals surface area contributed by atoms with Gasteiger partial charge in [0.1, 0.15) is 5.75 Å². The third-order valence-corrected chi connectivity index (χ3v) is 3.83. The molecule has 6 nitrogen and oxygen atoms in total. The van der Waals surface area contributed by atoms with Gasteiger partial charge >= 0.3 is 0 Å². The van der Waals surface area contributed by atoms with E-state index in [2.05, 4.69) is 15.7 Å². The fraction of sp³-hybridized carbons (Fsp3) is 0.375. The summed E-state index contributed by atoms with van der Waals surface area (Å²) in [5, 5.41) is 10.7. The van der Waals surface area contributed by atoms with Crippen molar-refractivity contribution in [1.29, 1.82) is 0 Å². The Kier molecular flexibility index (Phi) is 6.01. The van der Waals surface area contributed by atoms with Gasteiger partial charge in [-0.2, -0.15) is 5.10 Å². The Labute approximate surface area is 141 Å². The molecule has 7 heteroatoms. The van der Waals surface area contributed by atoms with E-state index < -0.39 is 0 Å². The molecular weight excluding hydrogens is 316 g/mol. The Balaban J connectivity index is 0.00000192. The summed E-state index contributed by atoms with van der Waals surface area (Å²) >= 11 is 0. The Bertz CT molecular complexity index is 636. The summed E-state index contributed by atoms with van der Waals surface area (Å²) in [6, 6.07) is 9.51. The fourth-order valence-corrected chi connectivity index (χ4v) is 2.55. The van der Waals surface area contributed by atoms with Crippen LogP contribution in [0.4, 0.5) is 0 Å². The van der Waals surface area contributed by atoms with Crippen LogP contribution in [-0.4, -0.2) is 41.9 Å². The van der Waals surface area contributed by atoms with Gasteiger partial charge in [-0.25, -0.2) is 4.68 Å². The minimum atomic E-state index is -0.112. The summed E-state index contributed by atoms with van der Waals surface area (Å²) in [6.07, 6.45) is 3.72. The standard InChI is InChI=1S/C16H20N4O2.ClH/c1-22-14-4-2-13(3-5-14)20-11-8-15(19-20)16(21)18-12-6-9-17-10-7-12;/h2-5,8,11-12,17H,6-7,9-10H2,1H3,(H,18,21);1H. The van der Waals surface area contributed by atoms with Gasteiger partial charge in [-0.3, -0.25) is 4.79 Å². The molecule has 0 atom stereocenters. The molecule has 2 aromatic rings. The SMILES string of the molecule is COc1ccc(-n2ccc(C(=O)NC3CCNCC3)n2)cc1.Cl. The van der Waals surface area contributed by atoms with Crippen molar-refractivity contribution in [2.45, 2.75) is 18.9 Å². The van der Waals surface area contributed by atoms with E-state index >= 15 is 0 Å². The first kappa shape index (κ1) is 17.3. The van der Waals surface area contributed by atoms with Crippen molar-refractivity contribution in [2.75, 3.05) is 20.2 Å². The molecule has 1 fully saturated rings. The van der Waals surface area contributed by atoms with Crippen molar-refractivity contribution in [3.63, 3.8) is 0 Å². The zero-order valence-electron chi connectivity index (χ0n) is 13.0. The predicted molar refractivity (Wildman–Crippen MR) is 90.7 cm³/mol.